The fourth-order valence-electron chi connectivity index (χ4n) is 2.39. The summed E-state index contributed by atoms with van der Waals surface area (Å²) >= 11 is 0. The second kappa shape index (κ2) is 9.23. The summed E-state index contributed by atoms with van der Waals surface area (Å²) in [4.78, 5) is 34.3. The molecular formula is C19H22N4O4. The summed E-state index contributed by atoms with van der Waals surface area (Å²) < 4.78 is 4.64. The maximum absolute atomic E-state index is 12.1. The summed E-state index contributed by atoms with van der Waals surface area (Å²) in [6, 6.07) is 12.6. The van der Waals surface area contributed by atoms with Crippen molar-refractivity contribution < 1.29 is 19.1 Å². The number of carbonyl (C=O) groups excluding carboxylic acids is 3. The quantitative estimate of drug-likeness (QED) is 0.584. The molecule has 8 heteroatoms. The molecule has 4 amide bonds. The zero-order chi connectivity index (χ0) is 19.8. The van der Waals surface area contributed by atoms with Gasteiger partial charge in [0.15, 0.2) is 0 Å². The minimum atomic E-state index is -0.632. The maximum Gasteiger partial charge on any atom is 0.337 e. The monoisotopic (exact) mass is 370 g/mol. The number of benzene rings is 2. The lowest BCUT2D eigenvalue weighted by Gasteiger charge is -2.15. The molecule has 2 rings (SSSR count). The highest BCUT2D eigenvalue weighted by Crippen LogP contribution is 2.16. The molecule has 0 saturated heterocycles. The van der Waals surface area contributed by atoms with Crippen LogP contribution in [0, 0.1) is 0 Å². The van der Waals surface area contributed by atoms with Crippen LogP contribution < -0.4 is 21.7 Å². The molecule has 0 saturated carbocycles. The van der Waals surface area contributed by atoms with E-state index in [0.717, 1.165) is 11.1 Å². The van der Waals surface area contributed by atoms with Crippen LogP contribution in [0.3, 0.4) is 0 Å². The van der Waals surface area contributed by atoms with Gasteiger partial charge in [-0.15, -0.1) is 0 Å². The number of primary amides is 1. The average molecular weight is 370 g/mol. The molecule has 0 radical (unpaired) electrons. The largest absolute Gasteiger partial charge is 0.465 e. The van der Waals surface area contributed by atoms with E-state index in [1.807, 2.05) is 6.92 Å². The Morgan fingerprint density at radius 3 is 2.22 bits per heavy atom. The van der Waals surface area contributed by atoms with Crippen LogP contribution in [0.1, 0.15) is 34.5 Å². The van der Waals surface area contributed by atoms with Crippen LogP contribution in [-0.2, 0) is 11.3 Å². The first kappa shape index (κ1) is 19.8. The number of ether oxygens (including phenoxy) is 1. The Labute approximate surface area is 157 Å². The number of carbonyl (C=O) groups is 3. The predicted molar refractivity (Wildman–Crippen MR) is 101 cm³/mol. The van der Waals surface area contributed by atoms with Gasteiger partial charge in [0.25, 0.3) is 0 Å². The summed E-state index contributed by atoms with van der Waals surface area (Å²) in [5, 5.41) is 8.06. The van der Waals surface area contributed by atoms with Gasteiger partial charge in [-0.2, -0.15) is 0 Å². The molecule has 27 heavy (non-hydrogen) atoms. The van der Waals surface area contributed by atoms with Gasteiger partial charge in [0.2, 0.25) is 0 Å². The highest BCUT2D eigenvalue weighted by atomic mass is 16.5. The van der Waals surface area contributed by atoms with Gasteiger partial charge >= 0.3 is 18.0 Å². The third-order valence-corrected chi connectivity index (χ3v) is 3.85. The molecule has 0 aliphatic heterocycles. The molecule has 0 bridgehead atoms. The Bertz CT molecular complexity index is 803. The van der Waals surface area contributed by atoms with Crippen LogP contribution in [-0.4, -0.2) is 25.1 Å². The second-order valence-corrected chi connectivity index (χ2v) is 5.85. The number of nitrogens with one attached hydrogen (secondary N) is 3. The van der Waals surface area contributed by atoms with Gasteiger partial charge in [-0.25, -0.2) is 14.4 Å². The fourth-order valence-corrected chi connectivity index (χ4v) is 2.39. The molecule has 2 aromatic carbocycles. The highest BCUT2D eigenvalue weighted by molar-refractivity contribution is 5.89. The molecule has 0 fully saturated rings. The van der Waals surface area contributed by atoms with Crippen LogP contribution in [0.25, 0.3) is 0 Å². The van der Waals surface area contributed by atoms with Gasteiger partial charge in [-0.05, 0) is 42.3 Å². The molecule has 0 aliphatic carbocycles. The summed E-state index contributed by atoms with van der Waals surface area (Å²) in [6.45, 7) is 2.17. The SMILES string of the molecule is COC(=O)c1ccc(CNC(=O)N[C@H](C)c2ccc(NC(N)=O)cc2)cc1. The van der Waals surface area contributed by atoms with E-state index < -0.39 is 12.0 Å². The molecular weight excluding hydrogens is 348 g/mol. The summed E-state index contributed by atoms with van der Waals surface area (Å²) in [5.74, 6) is -0.405. The van der Waals surface area contributed by atoms with E-state index in [2.05, 4.69) is 20.7 Å². The first-order valence-corrected chi connectivity index (χ1v) is 8.27. The van der Waals surface area contributed by atoms with E-state index in [1.165, 1.54) is 7.11 Å². The Kier molecular flexibility index (Phi) is 6.76. The van der Waals surface area contributed by atoms with Crippen LogP contribution in [0.4, 0.5) is 15.3 Å². The zero-order valence-electron chi connectivity index (χ0n) is 15.1. The molecule has 1 atom stereocenters. The molecule has 142 valence electrons. The van der Waals surface area contributed by atoms with Gasteiger partial charge in [0, 0.05) is 12.2 Å². The Morgan fingerprint density at radius 2 is 1.67 bits per heavy atom. The number of amides is 4. The van der Waals surface area contributed by atoms with Crippen molar-refractivity contribution in [1.82, 2.24) is 10.6 Å². The molecule has 0 aliphatic rings. The molecule has 0 unspecified atom stereocenters. The van der Waals surface area contributed by atoms with Crippen molar-refractivity contribution in [1.29, 1.82) is 0 Å². The van der Waals surface area contributed by atoms with Gasteiger partial charge < -0.3 is 26.4 Å². The number of methoxy groups -OCH3 is 1. The normalized spacial score (nSPS) is 11.2. The minimum Gasteiger partial charge on any atom is -0.465 e. The molecule has 8 nitrogen and oxygen atoms in total. The summed E-state index contributed by atoms with van der Waals surface area (Å²) in [6.07, 6.45) is 0. The van der Waals surface area contributed by atoms with Gasteiger partial charge in [0.1, 0.15) is 0 Å². The maximum atomic E-state index is 12.1. The third kappa shape index (κ3) is 6.03. The van der Waals surface area contributed by atoms with E-state index in [4.69, 9.17) is 5.73 Å². The molecule has 0 spiro atoms. The number of nitrogens with two attached hydrogens (primary N) is 1. The first-order chi connectivity index (χ1) is 12.9. The Morgan fingerprint density at radius 1 is 1.04 bits per heavy atom. The number of rotatable bonds is 6. The van der Waals surface area contributed by atoms with Gasteiger partial charge in [-0.1, -0.05) is 24.3 Å². The van der Waals surface area contributed by atoms with Crippen LogP contribution in [0.5, 0.6) is 0 Å². The molecule has 5 N–H and O–H groups in total. The van der Waals surface area contributed by atoms with Crippen molar-refractivity contribution in [2.24, 2.45) is 5.73 Å². The first-order valence-electron chi connectivity index (χ1n) is 8.27. The average Bonchev–Trinajstić information content (AvgIpc) is 2.66. The van der Waals surface area contributed by atoms with Crippen LogP contribution in [0.15, 0.2) is 48.5 Å². The smallest absolute Gasteiger partial charge is 0.337 e. The van der Waals surface area contributed by atoms with Crippen molar-refractivity contribution in [2.45, 2.75) is 19.5 Å². The lowest BCUT2D eigenvalue weighted by molar-refractivity contribution is 0.0600. The highest BCUT2D eigenvalue weighted by Gasteiger charge is 2.10. The zero-order valence-corrected chi connectivity index (χ0v) is 15.1. The number of urea groups is 2. The van der Waals surface area contributed by atoms with Crippen molar-refractivity contribution in [3.8, 4) is 0 Å². The van der Waals surface area contributed by atoms with Crippen LogP contribution >= 0.6 is 0 Å². The molecule has 2 aromatic rings. The number of hydrogen-bond acceptors (Lipinski definition) is 4. The standard InChI is InChI=1S/C19H22N4O4/c1-12(14-7-9-16(10-8-14)23-18(20)25)22-19(26)21-11-13-3-5-15(6-4-13)17(24)27-2/h3-10,12H,11H2,1-2H3,(H3,20,23,25)(H2,21,22,26)/t12-/m1/s1. The molecule has 0 heterocycles. The summed E-state index contributed by atoms with van der Waals surface area (Å²) in [5.41, 5.74) is 7.83. The van der Waals surface area contributed by atoms with Crippen molar-refractivity contribution in [3.63, 3.8) is 0 Å². The summed E-state index contributed by atoms with van der Waals surface area (Å²) in [7, 11) is 1.32. The van der Waals surface area contributed by atoms with Gasteiger partial charge in [-0.3, -0.25) is 0 Å². The lowest BCUT2D eigenvalue weighted by Crippen LogP contribution is -2.36. The Balaban J connectivity index is 1.84. The van der Waals surface area contributed by atoms with E-state index in [9.17, 15) is 14.4 Å². The van der Waals surface area contributed by atoms with Crippen molar-refractivity contribution in [3.05, 3.63) is 65.2 Å². The number of hydrogen-bond donors (Lipinski definition) is 4. The topological polar surface area (TPSA) is 123 Å². The minimum absolute atomic E-state index is 0.227. The second-order valence-electron chi connectivity index (χ2n) is 5.85. The Hall–Kier alpha value is -3.55. The lowest BCUT2D eigenvalue weighted by atomic mass is 10.1. The van der Waals surface area contributed by atoms with Crippen molar-refractivity contribution in [2.75, 3.05) is 12.4 Å². The van der Waals surface area contributed by atoms with Crippen LogP contribution in [0.2, 0.25) is 0 Å². The number of esters is 1. The third-order valence-electron chi connectivity index (χ3n) is 3.85. The van der Waals surface area contributed by atoms with E-state index in [1.54, 1.807) is 48.5 Å². The van der Waals surface area contributed by atoms with Gasteiger partial charge in [0.05, 0.1) is 18.7 Å². The number of anilines is 1. The van der Waals surface area contributed by atoms with E-state index in [0.29, 0.717) is 17.8 Å². The van der Waals surface area contributed by atoms with E-state index >= 15 is 0 Å². The fraction of sp³-hybridized carbons (Fsp3) is 0.211. The van der Waals surface area contributed by atoms with E-state index in [-0.39, 0.29) is 12.1 Å². The molecule has 0 aromatic heterocycles. The predicted octanol–water partition coefficient (Wildman–Crippen LogP) is 2.52. The van der Waals surface area contributed by atoms with Crippen molar-refractivity contribution >= 4 is 23.7 Å².